The van der Waals surface area contributed by atoms with Crippen molar-refractivity contribution in [2.75, 3.05) is 0 Å². The van der Waals surface area contributed by atoms with Crippen LogP contribution in [0.5, 0.6) is 0 Å². The number of hydrogen-bond donors (Lipinski definition) is 1. The SMILES string of the molecule is Cc1nc2cc(CC3(C(=O)O)CCC3)ccc2n1C. The van der Waals surface area contributed by atoms with E-state index in [9.17, 15) is 9.90 Å². The molecule has 1 aromatic heterocycles. The third kappa shape index (κ3) is 1.82. The molecule has 4 nitrogen and oxygen atoms in total. The summed E-state index contributed by atoms with van der Waals surface area (Å²) in [5, 5.41) is 9.39. The van der Waals surface area contributed by atoms with Gasteiger partial charge in [0, 0.05) is 7.05 Å². The molecule has 1 saturated carbocycles. The zero-order chi connectivity index (χ0) is 13.6. The fourth-order valence-electron chi connectivity index (χ4n) is 2.94. The van der Waals surface area contributed by atoms with E-state index in [-0.39, 0.29) is 0 Å². The third-order valence-electron chi connectivity index (χ3n) is 4.48. The maximum Gasteiger partial charge on any atom is 0.309 e. The van der Waals surface area contributed by atoms with E-state index in [1.807, 2.05) is 32.2 Å². The molecule has 1 heterocycles. The van der Waals surface area contributed by atoms with Crippen LogP contribution < -0.4 is 0 Å². The van der Waals surface area contributed by atoms with Crippen LogP contribution in [0.15, 0.2) is 18.2 Å². The summed E-state index contributed by atoms with van der Waals surface area (Å²) in [4.78, 5) is 15.9. The highest BCUT2D eigenvalue weighted by atomic mass is 16.4. The lowest BCUT2D eigenvalue weighted by molar-refractivity contribution is -0.154. The van der Waals surface area contributed by atoms with Crippen molar-refractivity contribution in [1.82, 2.24) is 9.55 Å². The number of aromatic nitrogens is 2. The van der Waals surface area contributed by atoms with Gasteiger partial charge in [-0.3, -0.25) is 4.79 Å². The first-order chi connectivity index (χ1) is 9.02. The van der Waals surface area contributed by atoms with Crippen LogP contribution in [0.25, 0.3) is 11.0 Å². The summed E-state index contributed by atoms with van der Waals surface area (Å²) in [5.41, 5.74) is 2.60. The molecule has 100 valence electrons. The third-order valence-corrected chi connectivity index (χ3v) is 4.48. The van der Waals surface area contributed by atoms with Crippen molar-refractivity contribution in [2.24, 2.45) is 12.5 Å². The van der Waals surface area contributed by atoms with Crippen LogP contribution in [-0.4, -0.2) is 20.6 Å². The summed E-state index contributed by atoms with van der Waals surface area (Å²) >= 11 is 0. The summed E-state index contributed by atoms with van der Waals surface area (Å²) in [5.74, 6) is 0.319. The van der Waals surface area contributed by atoms with E-state index < -0.39 is 11.4 Å². The molecule has 0 amide bonds. The number of carboxylic acids is 1. The molecule has 19 heavy (non-hydrogen) atoms. The number of fused-ring (bicyclic) bond motifs is 1. The van der Waals surface area contributed by atoms with Gasteiger partial charge in [-0.1, -0.05) is 12.5 Å². The van der Waals surface area contributed by atoms with Gasteiger partial charge in [0.05, 0.1) is 16.4 Å². The average molecular weight is 258 g/mol. The normalized spacial score (nSPS) is 17.4. The predicted molar refractivity (Wildman–Crippen MR) is 73.1 cm³/mol. The largest absolute Gasteiger partial charge is 0.481 e. The minimum atomic E-state index is -0.656. The maximum absolute atomic E-state index is 11.4. The van der Waals surface area contributed by atoms with Crippen molar-refractivity contribution in [3.63, 3.8) is 0 Å². The zero-order valence-corrected chi connectivity index (χ0v) is 11.3. The van der Waals surface area contributed by atoms with E-state index in [1.54, 1.807) is 0 Å². The lowest BCUT2D eigenvalue weighted by atomic mass is 9.65. The zero-order valence-electron chi connectivity index (χ0n) is 11.3. The van der Waals surface area contributed by atoms with Crippen LogP contribution in [0.2, 0.25) is 0 Å². The first kappa shape index (κ1) is 12.2. The van der Waals surface area contributed by atoms with Crippen molar-refractivity contribution >= 4 is 17.0 Å². The summed E-state index contributed by atoms with van der Waals surface area (Å²) in [6.07, 6.45) is 3.23. The van der Waals surface area contributed by atoms with Crippen LogP contribution >= 0.6 is 0 Å². The van der Waals surface area contributed by atoms with Gasteiger partial charge in [0.15, 0.2) is 0 Å². The molecule has 4 heteroatoms. The minimum Gasteiger partial charge on any atom is -0.481 e. The molecule has 0 spiro atoms. The number of benzene rings is 1. The van der Waals surface area contributed by atoms with Crippen LogP contribution in [0.4, 0.5) is 0 Å². The molecule has 0 bridgehead atoms. The molecule has 1 fully saturated rings. The highest BCUT2D eigenvalue weighted by Gasteiger charge is 2.44. The smallest absolute Gasteiger partial charge is 0.309 e. The second-order valence-corrected chi connectivity index (χ2v) is 5.66. The number of carboxylic acid groups (broad SMARTS) is 1. The molecule has 0 radical (unpaired) electrons. The van der Waals surface area contributed by atoms with Crippen molar-refractivity contribution in [3.8, 4) is 0 Å². The highest BCUT2D eigenvalue weighted by Crippen LogP contribution is 2.44. The Balaban J connectivity index is 1.96. The Kier molecular flexibility index (Phi) is 2.62. The highest BCUT2D eigenvalue weighted by molar-refractivity contribution is 5.78. The van der Waals surface area contributed by atoms with E-state index >= 15 is 0 Å². The Morgan fingerprint density at radius 1 is 1.47 bits per heavy atom. The van der Waals surface area contributed by atoms with E-state index in [4.69, 9.17) is 0 Å². The van der Waals surface area contributed by atoms with Gasteiger partial charge in [0.1, 0.15) is 5.82 Å². The van der Waals surface area contributed by atoms with E-state index in [2.05, 4.69) is 9.55 Å². The van der Waals surface area contributed by atoms with Gasteiger partial charge < -0.3 is 9.67 Å². The fourth-order valence-corrected chi connectivity index (χ4v) is 2.94. The first-order valence-electron chi connectivity index (χ1n) is 6.67. The topological polar surface area (TPSA) is 55.1 Å². The molecule has 0 saturated heterocycles. The quantitative estimate of drug-likeness (QED) is 0.920. The maximum atomic E-state index is 11.4. The molecule has 0 aliphatic heterocycles. The van der Waals surface area contributed by atoms with E-state index in [0.29, 0.717) is 6.42 Å². The summed E-state index contributed by atoms with van der Waals surface area (Å²) in [6, 6.07) is 6.11. The lowest BCUT2D eigenvalue weighted by Crippen LogP contribution is -2.39. The summed E-state index contributed by atoms with van der Waals surface area (Å²) < 4.78 is 2.05. The number of imidazole rings is 1. The second kappa shape index (κ2) is 4.08. The van der Waals surface area contributed by atoms with Crippen LogP contribution in [0.3, 0.4) is 0 Å². The van der Waals surface area contributed by atoms with Gasteiger partial charge in [-0.2, -0.15) is 0 Å². The molecular formula is C15H18N2O2. The molecule has 0 atom stereocenters. The lowest BCUT2D eigenvalue weighted by Gasteiger charge is -2.37. The minimum absolute atomic E-state index is 0.530. The number of carbonyl (C=O) groups is 1. The van der Waals surface area contributed by atoms with Crippen LogP contribution in [0.1, 0.15) is 30.7 Å². The Labute approximate surface area is 112 Å². The number of rotatable bonds is 3. The predicted octanol–water partition coefficient (Wildman–Crippen LogP) is 2.68. The number of nitrogens with zero attached hydrogens (tertiary/aromatic N) is 2. The monoisotopic (exact) mass is 258 g/mol. The number of hydrogen-bond acceptors (Lipinski definition) is 2. The first-order valence-corrected chi connectivity index (χ1v) is 6.67. The van der Waals surface area contributed by atoms with Gasteiger partial charge >= 0.3 is 5.97 Å². The van der Waals surface area contributed by atoms with Gasteiger partial charge in [0.2, 0.25) is 0 Å². The molecule has 0 unspecified atom stereocenters. The van der Waals surface area contributed by atoms with E-state index in [1.165, 1.54) is 0 Å². The molecule has 3 rings (SSSR count). The van der Waals surface area contributed by atoms with E-state index in [0.717, 1.165) is 41.7 Å². The molecule has 1 aliphatic carbocycles. The van der Waals surface area contributed by atoms with Crippen molar-refractivity contribution in [3.05, 3.63) is 29.6 Å². The summed E-state index contributed by atoms with van der Waals surface area (Å²) in [6.45, 7) is 1.98. The standard InChI is InChI=1S/C15H18N2O2/c1-10-16-12-8-11(4-5-13(12)17(10)2)9-15(14(18)19)6-3-7-15/h4-5,8H,3,6-7,9H2,1-2H3,(H,18,19). The Morgan fingerprint density at radius 3 is 2.79 bits per heavy atom. The fraction of sp³-hybridized carbons (Fsp3) is 0.467. The van der Waals surface area contributed by atoms with Crippen LogP contribution in [0, 0.1) is 12.3 Å². The molecule has 1 aromatic carbocycles. The van der Waals surface area contributed by atoms with Gasteiger partial charge in [-0.05, 0) is 43.9 Å². The average Bonchev–Trinajstić information content (AvgIpc) is 2.59. The Bertz CT molecular complexity index is 653. The van der Waals surface area contributed by atoms with Crippen molar-refractivity contribution in [1.29, 1.82) is 0 Å². The second-order valence-electron chi connectivity index (χ2n) is 5.66. The van der Waals surface area contributed by atoms with Crippen LogP contribution in [-0.2, 0) is 18.3 Å². The molecule has 1 N–H and O–H groups in total. The molecular weight excluding hydrogens is 240 g/mol. The van der Waals surface area contributed by atoms with Gasteiger partial charge in [-0.15, -0.1) is 0 Å². The number of aliphatic carboxylic acids is 1. The van der Waals surface area contributed by atoms with Crippen molar-refractivity contribution < 1.29 is 9.90 Å². The van der Waals surface area contributed by atoms with Gasteiger partial charge in [-0.25, -0.2) is 4.98 Å². The summed E-state index contributed by atoms with van der Waals surface area (Å²) in [7, 11) is 2.00. The van der Waals surface area contributed by atoms with Gasteiger partial charge in [0.25, 0.3) is 0 Å². The Hall–Kier alpha value is -1.84. The molecule has 2 aromatic rings. The van der Waals surface area contributed by atoms with Crippen molar-refractivity contribution in [2.45, 2.75) is 32.6 Å². The number of aryl methyl sites for hydroxylation is 2. The molecule has 1 aliphatic rings. The Morgan fingerprint density at radius 2 is 2.21 bits per heavy atom.